The highest BCUT2D eigenvalue weighted by molar-refractivity contribution is 14.1. The van der Waals surface area contributed by atoms with Gasteiger partial charge in [0.05, 0.1) is 44.3 Å². The summed E-state index contributed by atoms with van der Waals surface area (Å²) < 4.78 is 20.9. The Hall–Kier alpha value is -2.14. The van der Waals surface area contributed by atoms with Gasteiger partial charge in [-0.1, -0.05) is 0 Å². The van der Waals surface area contributed by atoms with Crippen molar-refractivity contribution in [3.63, 3.8) is 0 Å². The Morgan fingerprint density at radius 3 is 2.46 bits per heavy atom. The zero-order chi connectivity index (χ0) is 19.3. The summed E-state index contributed by atoms with van der Waals surface area (Å²) in [6.45, 7) is 1.75. The van der Waals surface area contributed by atoms with Gasteiger partial charge in [-0.3, -0.25) is 0 Å². The van der Waals surface area contributed by atoms with Crippen LogP contribution in [0.2, 0.25) is 0 Å². The van der Waals surface area contributed by atoms with E-state index < -0.39 is 17.9 Å². The summed E-state index contributed by atoms with van der Waals surface area (Å²) in [6.07, 6.45) is 0. The Labute approximate surface area is 164 Å². The molecule has 8 nitrogen and oxygen atoms in total. The number of methoxy groups -OCH3 is 2. The summed E-state index contributed by atoms with van der Waals surface area (Å²) in [5.41, 5.74) is 0.594. The number of ether oxygens (including phenoxy) is 4. The number of carbonyl (C=O) groups is 3. The van der Waals surface area contributed by atoms with E-state index in [1.807, 2.05) is 0 Å². The number of halogens is 1. The SMILES string of the molecule is CCOC(=O)c1cc(I)ccc1N1COCC(C(=O)OC)=C1C(=O)OC. The number of benzene rings is 1. The van der Waals surface area contributed by atoms with Crippen LogP contribution in [0.5, 0.6) is 0 Å². The first kappa shape index (κ1) is 20.2. The Balaban J connectivity index is 2.63. The lowest BCUT2D eigenvalue weighted by atomic mass is 10.1. The predicted octanol–water partition coefficient (Wildman–Crippen LogP) is 1.86. The van der Waals surface area contributed by atoms with E-state index >= 15 is 0 Å². The van der Waals surface area contributed by atoms with Gasteiger partial charge in [0.1, 0.15) is 12.4 Å². The summed E-state index contributed by atoms with van der Waals surface area (Å²) in [4.78, 5) is 38.2. The lowest BCUT2D eigenvalue weighted by Crippen LogP contribution is -2.39. The Bertz CT molecular complexity index is 759. The Kier molecular flexibility index (Phi) is 6.98. The summed E-state index contributed by atoms with van der Waals surface area (Å²) in [5.74, 6) is -1.99. The van der Waals surface area contributed by atoms with E-state index in [-0.39, 0.29) is 36.8 Å². The molecule has 0 saturated carbocycles. The predicted molar refractivity (Wildman–Crippen MR) is 99.5 cm³/mol. The van der Waals surface area contributed by atoms with Crippen molar-refractivity contribution in [2.75, 3.05) is 39.1 Å². The third kappa shape index (κ3) is 4.15. The highest BCUT2D eigenvalue weighted by Crippen LogP contribution is 2.31. The van der Waals surface area contributed by atoms with Gasteiger partial charge in [-0.25, -0.2) is 14.4 Å². The second-order valence-electron chi connectivity index (χ2n) is 5.10. The Morgan fingerprint density at radius 2 is 1.85 bits per heavy atom. The average molecular weight is 475 g/mol. The van der Waals surface area contributed by atoms with Crippen molar-refractivity contribution in [3.05, 3.63) is 38.6 Å². The van der Waals surface area contributed by atoms with Gasteiger partial charge < -0.3 is 23.8 Å². The molecule has 0 spiro atoms. The molecule has 0 bridgehead atoms. The van der Waals surface area contributed by atoms with Crippen molar-refractivity contribution < 1.29 is 33.3 Å². The van der Waals surface area contributed by atoms with E-state index in [4.69, 9.17) is 18.9 Å². The molecular weight excluding hydrogens is 457 g/mol. The standard InChI is InChI=1S/C17H18INO7/c1-4-26-16(21)11-7-10(18)5-6-13(11)19-9-25-8-12(15(20)23-2)14(19)17(22)24-3/h5-7H,4,8-9H2,1-3H3. The molecule has 140 valence electrons. The second-order valence-corrected chi connectivity index (χ2v) is 6.34. The van der Waals surface area contributed by atoms with Crippen LogP contribution in [0.25, 0.3) is 0 Å². The van der Waals surface area contributed by atoms with Crippen LogP contribution in [0, 0.1) is 3.57 Å². The third-order valence-corrected chi connectivity index (χ3v) is 4.25. The van der Waals surface area contributed by atoms with Crippen LogP contribution >= 0.6 is 22.6 Å². The molecule has 0 aromatic heterocycles. The topological polar surface area (TPSA) is 91.4 Å². The Morgan fingerprint density at radius 1 is 1.15 bits per heavy atom. The van der Waals surface area contributed by atoms with Crippen molar-refractivity contribution in [1.29, 1.82) is 0 Å². The molecule has 0 radical (unpaired) electrons. The summed E-state index contributed by atoms with van der Waals surface area (Å²) in [6, 6.07) is 5.05. The largest absolute Gasteiger partial charge is 0.466 e. The van der Waals surface area contributed by atoms with Crippen LogP contribution in [0.4, 0.5) is 5.69 Å². The third-order valence-electron chi connectivity index (χ3n) is 3.58. The molecule has 9 heteroatoms. The van der Waals surface area contributed by atoms with E-state index in [9.17, 15) is 14.4 Å². The number of anilines is 1. The molecule has 0 fully saturated rings. The van der Waals surface area contributed by atoms with Crippen LogP contribution < -0.4 is 4.90 Å². The van der Waals surface area contributed by atoms with Crippen molar-refractivity contribution in [2.24, 2.45) is 0 Å². The van der Waals surface area contributed by atoms with Crippen molar-refractivity contribution >= 4 is 46.2 Å². The minimum atomic E-state index is -0.734. The van der Waals surface area contributed by atoms with Gasteiger partial charge in [-0.15, -0.1) is 0 Å². The highest BCUT2D eigenvalue weighted by Gasteiger charge is 2.34. The van der Waals surface area contributed by atoms with Crippen molar-refractivity contribution in [1.82, 2.24) is 0 Å². The second kappa shape index (κ2) is 8.99. The molecule has 1 aliphatic heterocycles. The number of hydrogen-bond acceptors (Lipinski definition) is 8. The molecule has 1 aromatic carbocycles. The maximum atomic E-state index is 12.4. The minimum Gasteiger partial charge on any atom is -0.466 e. The molecule has 0 unspecified atom stereocenters. The van der Waals surface area contributed by atoms with Gasteiger partial charge in [-0.05, 0) is 47.7 Å². The first-order valence-electron chi connectivity index (χ1n) is 7.66. The van der Waals surface area contributed by atoms with Gasteiger partial charge in [0.25, 0.3) is 0 Å². The number of carbonyl (C=O) groups excluding carboxylic acids is 3. The lowest BCUT2D eigenvalue weighted by molar-refractivity contribution is -0.140. The van der Waals surface area contributed by atoms with Gasteiger partial charge >= 0.3 is 17.9 Å². The summed E-state index contributed by atoms with van der Waals surface area (Å²) in [5, 5.41) is 0. The quantitative estimate of drug-likeness (QED) is 0.362. The van der Waals surface area contributed by atoms with Crippen LogP contribution in [-0.4, -0.2) is 52.1 Å². The summed E-state index contributed by atoms with van der Waals surface area (Å²) >= 11 is 2.07. The van der Waals surface area contributed by atoms with Gasteiger partial charge in [0.15, 0.2) is 0 Å². The zero-order valence-corrected chi connectivity index (χ0v) is 16.7. The van der Waals surface area contributed by atoms with Gasteiger partial charge in [0.2, 0.25) is 0 Å². The molecule has 1 aromatic rings. The fraction of sp³-hybridized carbons (Fsp3) is 0.353. The molecule has 0 atom stereocenters. The van der Waals surface area contributed by atoms with Gasteiger partial charge in [0, 0.05) is 3.57 Å². The van der Waals surface area contributed by atoms with Crippen molar-refractivity contribution in [2.45, 2.75) is 6.92 Å². The van der Waals surface area contributed by atoms with Crippen LogP contribution in [0.3, 0.4) is 0 Å². The first-order chi connectivity index (χ1) is 12.4. The molecule has 0 saturated heterocycles. The van der Waals surface area contributed by atoms with E-state index in [0.29, 0.717) is 5.69 Å². The molecule has 0 amide bonds. The molecule has 1 heterocycles. The maximum Gasteiger partial charge on any atom is 0.355 e. The van der Waals surface area contributed by atoms with E-state index in [1.165, 1.54) is 19.1 Å². The molecule has 1 aliphatic rings. The van der Waals surface area contributed by atoms with E-state index in [2.05, 4.69) is 22.6 Å². The minimum absolute atomic E-state index is 0.0129. The lowest BCUT2D eigenvalue weighted by Gasteiger charge is -2.32. The maximum absolute atomic E-state index is 12.4. The fourth-order valence-corrected chi connectivity index (χ4v) is 2.94. The fourth-order valence-electron chi connectivity index (χ4n) is 2.45. The number of esters is 3. The molecule has 26 heavy (non-hydrogen) atoms. The molecule has 0 aliphatic carbocycles. The first-order valence-corrected chi connectivity index (χ1v) is 8.74. The van der Waals surface area contributed by atoms with Gasteiger partial charge in [-0.2, -0.15) is 0 Å². The monoisotopic (exact) mass is 475 g/mol. The van der Waals surface area contributed by atoms with Crippen molar-refractivity contribution in [3.8, 4) is 0 Å². The number of hydrogen-bond donors (Lipinski definition) is 0. The van der Waals surface area contributed by atoms with Crippen LogP contribution in [0.1, 0.15) is 17.3 Å². The average Bonchev–Trinajstić information content (AvgIpc) is 2.66. The number of rotatable bonds is 5. The van der Waals surface area contributed by atoms with Crippen LogP contribution in [0.15, 0.2) is 29.5 Å². The molecule has 2 rings (SSSR count). The normalized spacial score (nSPS) is 14.1. The molecular formula is C17H18INO7. The smallest absolute Gasteiger partial charge is 0.355 e. The molecule has 0 N–H and O–H groups in total. The van der Waals surface area contributed by atoms with E-state index in [0.717, 1.165) is 3.57 Å². The highest BCUT2D eigenvalue weighted by atomic mass is 127. The van der Waals surface area contributed by atoms with Crippen LogP contribution in [-0.2, 0) is 28.5 Å². The van der Waals surface area contributed by atoms with E-state index in [1.54, 1.807) is 25.1 Å². The summed E-state index contributed by atoms with van der Waals surface area (Å²) in [7, 11) is 2.41. The number of nitrogens with zero attached hydrogens (tertiary/aromatic N) is 1. The zero-order valence-electron chi connectivity index (χ0n) is 14.5.